The van der Waals surface area contributed by atoms with Gasteiger partial charge in [-0.25, -0.2) is 8.42 Å². The van der Waals surface area contributed by atoms with Gasteiger partial charge in [-0.3, -0.25) is 14.5 Å². The van der Waals surface area contributed by atoms with Gasteiger partial charge in [-0.1, -0.05) is 0 Å². The molecule has 10 heteroatoms. The van der Waals surface area contributed by atoms with Gasteiger partial charge in [0.15, 0.2) is 0 Å². The van der Waals surface area contributed by atoms with E-state index in [-0.39, 0.29) is 35.4 Å². The van der Waals surface area contributed by atoms with Crippen molar-refractivity contribution in [2.24, 2.45) is 0 Å². The summed E-state index contributed by atoms with van der Waals surface area (Å²) in [5.74, 6) is -0.396. The number of fused-ring (bicyclic) bond motifs is 3. The second-order valence-corrected chi connectivity index (χ2v) is 11.3. The van der Waals surface area contributed by atoms with Crippen LogP contribution in [0.5, 0.6) is 0 Å². The van der Waals surface area contributed by atoms with Gasteiger partial charge in [-0.15, -0.1) is 0 Å². The molecule has 0 radical (unpaired) electrons. The normalized spacial score (nSPS) is 25.8. The highest BCUT2D eigenvalue weighted by molar-refractivity contribution is 7.89. The number of sulfonamides is 1. The number of nitrogens with one attached hydrogen (secondary N) is 1. The Kier molecular flexibility index (Phi) is 6.32. The Labute approximate surface area is 195 Å². The molecule has 0 aromatic heterocycles. The van der Waals surface area contributed by atoms with Crippen molar-refractivity contribution >= 4 is 33.2 Å². The van der Waals surface area contributed by atoms with Crippen molar-refractivity contribution in [3.8, 4) is 0 Å². The standard InChI is InChI=1S/C23H32N4O5S/c28-22(24-15-17-6-5-13-32-17)16-27-21-14-18(33(30,31)25-10-3-4-11-25)8-9-19(21)26-12-2-1-7-20(26)23(27)29/h8-9,14,17,20H,1-7,10-13,15-16H2,(H,24,28)/t17-,20-/m1/s1. The summed E-state index contributed by atoms with van der Waals surface area (Å²) < 4.78 is 33.4. The predicted octanol–water partition coefficient (Wildman–Crippen LogP) is 1.47. The molecular weight excluding hydrogens is 444 g/mol. The molecule has 0 aliphatic carbocycles. The third-order valence-corrected chi connectivity index (χ3v) is 9.05. The lowest BCUT2D eigenvalue weighted by Crippen LogP contribution is -2.57. The smallest absolute Gasteiger partial charge is 0.250 e. The Hall–Kier alpha value is -2.17. The molecule has 5 rings (SSSR count). The summed E-state index contributed by atoms with van der Waals surface area (Å²) in [6.07, 6.45) is 6.32. The van der Waals surface area contributed by atoms with Gasteiger partial charge in [-0.2, -0.15) is 4.31 Å². The molecule has 3 fully saturated rings. The molecule has 0 unspecified atom stereocenters. The molecule has 4 aliphatic rings. The minimum atomic E-state index is -3.63. The van der Waals surface area contributed by atoms with Crippen LogP contribution in [-0.4, -0.2) is 76.0 Å². The summed E-state index contributed by atoms with van der Waals surface area (Å²) in [7, 11) is -3.63. The quantitative estimate of drug-likeness (QED) is 0.668. The van der Waals surface area contributed by atoms with E-state index >= 15 is 0 Å². The van der Waals surface area contributed by atoms with E-state index in [1.54, 1.807) is 18.2 Å². The van der Waals surface area contributed by atoms with Gasteiger partial charge in [0.1, 0.15) is 12.6 Å². The summed E-state index contributed by atoms with van der Waals surface area (Å²) in [5, 5.41) is 2.89. The molecular formula is C23H32N4O5S. The van der Waals surface area contributed by atoms with E-state index in [4.69, 9.17) is 4.74 Å². The van der Waals surface area contributed by atoms with Crippen molar-refractivity contribution in [1.29, 1.82) is 0 Å². The maximum atomic E-state index is 13.5. The predicted molar refractivity (Wildman–Crippen MR) is 124 cm³/mol. The fourth-order valence-electron chi connectivity index (χ4n) is 5.37. The zero-order valence-corrected chi connectivity index (χ0v) is 19.7. The van der Waals surface area contributed by atoms with Crippen LogP contribution < -0.4 is 15.1 Å². The summed E-state index contributed by atoms with van der Waals surface area (Å²) in [4.78, 5) is 30.0. The van der Waals surface area contributed by atoms with Gasteiger partial charge >= 0.3 is 0 Å². The number of hydrogen-bond donors (Lipinski definition) is 1. The van der Waals surface area contributed by atoms with Crippen molar-refractivity contribution in [3.05, 3.63) is 18.2 Å². The number of amides is 2. The van der Waals surface area contributed by atoms with Crippen molar-refractivity contribution in [3.63, 3.8) is 0 Å². The first-order valence-electron chi connectivity index (χ1n) is 12.1. The molecule has 4 heterocycles. The second kappa shape index (κ2) is 9.23. The number of carbonyl (C=O) groups excluding carboxylic acids is 2. The summed E-state index contributed by atoms with van der Waals surface area (Å²) in [5.41, 5.74) is 1.33. The number of benzene rings is 1. The van der Waals surface area contributed by atoms with E-state index in [1.165, 1.54) is 9.21 Å². The van der Waals surface area contributed by atoms with Crippen LogP contribution in [-0.2, 0) is 24.3 Å². The number of nitrogens with zero attached hydrogens (tertiary/aromatic N) is 3. The molecule has 2 amide bonds. The highest BCUT2D eigenvalue weighted by atomic mass is 32.2. The number of rotatable bonds is 6. The van der Waals surface area contributed by atoms with Crippen LogP contribution in [0.25, 0.3) is 0 Å². The zero-order chi connectivity index (χ0) is 23.0. The molecule has 1 aromatic carbocycles. The van der Waals surface area contributed by atoms with E-state index < -0.39 is 10.0 Å². The van der Waals surface area contributed by atoms with Gasteiger partial charge in [0.2, 0.25) is 21.8 Å². The molecule has 180 valence electrons. The summed E-state index contributed by atoms with van der Waals surface area (Å²) >= 11 is 0. The fourth-order valence-corrected chi connectivity index (χ4v) is 6.91. The molecule has 3 saturated heterocycles. The monoisotopic (exact) mass is 476 g/mol. The maximum absolute atomic E-state index is 13.5. The zero-order valence-electron chi connectivity index (χ0n) is 18.9. The molecule has 0 saturated carbocycles. The van der Waals surface area contributed by atoms with Crippen molar-refractivity contribution < 1.29 is 22.7 Å². The first-order chi connectivity index (χ1) is 15.9. The third kappa shape index (κ3) is 4.36. The topological polar surface area (TPSA) is 99.3 Å². The van der Waals surface area contributed by atoms with Crippen LogP contribution >= 0.6 is 0 Å². The average molecular weight is 477 g/mol. The highest BCUT2D eigenvalue weighted by Crippen LogP contribution is 2.41. The lowest BCUT2D eigenvalue weighted by molar-refractivity contribution is -0.125. The lowest BCUT2D eigenvalue weighted by atomic mass is 9.96. The SMILES string of the molecule is O=C(CN1C(=O)[C@H]2CCCCN2c2ccc(S(=O)(=O)N3CCCC3)cc21)NC[C@H]1CCCO1. The van der Waals surface area contributed by atoms with E-state index in [0.717, 1.165) is 57.2 Å². The number of anilines is 2. The maximum Gasteiger partial charge on any atom is 0.250 e. The molecule has 1 aromatic rings. The number of carbonyl (C=O) groups is 2. The molecule has 4 aliphatic heterocycles. The van der Waals surface area contributed by atoms with Crippen molar-refractivity contribution in [1.82, 2.24) is 9.62 Å². The van der Waals surface area contributed by atoms with Crippen molar-refractivity contribution in [2.75, 3.05) is 49.1 Å². The summed E-state index contributed by atoms with van der Waals surface area (Å²) in [6.45, 7) is 2.79. The Morgan fingerprint density at radius 1 is 1.03 bits per heavy atom. The second-order valence-electron chi connectivity index (χ2n) is 9.33. The van der Waals surface area contributed by atoms with E-state index in [2.05, 4.69) is 10.2 Å². The largest absolute Gasteiger partial charge is 0.376 e. The Bertz CT molecular complexity index is 1020. The minimum absolute atomic E-state index is 0.0179. The first-order valence-corrected chi connectivity index (χ1v) is 13.5. The van der Waals surface area contributed by atoms with Crippen LogP contribution in [0.3, 0.4) is 0 Å². The van der Waals surface area contributed by atoms with Gasteiger partial charge in [0.25, 0.3) is 0 Å². The van der Waals surface area contributed by atoms with Crippen LogP contribution in [0, 0.1) is 0 Å². The van der Waals surface area contributed by atoms with Crippen LogP contribution in [0.2, 0.25) is 0 Å². The molecule has 33 heavy (non-hydrogen) atoms. The van der Waals surface area contributed by atoms with E-state index in [1.807, 2.05) is 0 Å². The van der Waals surface area contributed by atoms with Crippen molar-refractivity contribution in [2.45, 2.75) is 62.0 Å². The highest BCUT2D eigenvalue weighted by Gasteiger charge is 2.41. The number of ether oxygens (including phenoxy) is 1. The van der Waals surface area contributed by atoms with Crippen LogP contribution in [0.1, 0.15) is 44.9 Å². The van der Waals surface area contributed by atoms with Gasteiger partial charge < -0.3 is 15.0 Å². The number of hydrogen-bond acceptors (Lipinski definition) is 6. The first kappa shape index (κ1) is 22.6. The molecule has 9 nitrogen and oxygen atoms in total. The van der Waals surface area contributed by atoms with Gasteiger partial charge in [0.05, 0.1) is 22.4 Å². The van der Waals surface area contributed by atoms with Gasteiger partial charge in [0, 0.05) is 32.8 Å². The number of piperidine rings is 1. The Morgan fingerprint density at radius 2 is 1.82 bits per heavy atom. The minimum Gasteiger partial charge on any atom is -0.376 e. The van der Waals surface area contributed by atoms with E-state index in [0.29, 0.717) is 31.9 Å². The molecule has 0 spiro atoms. The molecule has 2 atom stereocenters. The molecule has 0 bridgehead atoms. The summed E-state index contributed by atoms with van der Waals surface area (Å²) in [6, 6.07) is 4.72. The average Bonchev–Trinajstić information content (AvgIpc) is 3.55. The van der Waals surface area contributed by atoms with Crippen LogP contribution in [0.4, 0.5) is 11.4 Å². The Balaban J connectivity index is 1.44. The Morgan fingerprint density at radius 3 is 2.58 bits per heavy atom. The third-order valence-electron chi connectivity index (χ3n) is 7.16. The fraction of sp³-hybridized carbons (Fsp3) is 0.652. The lowest BCUT2D eigenvalue weighted by Gasteiger charge is -2.45. The van der Waals surface area contributed by atoms with Gasteiger partial charge in [-0.05, 0) is 63.1 Å². The van der Waals surface area contributed by atoms with Crippen LogP contribution in [0.15, 0.2) is 23.1 Å². The molecule has 1 N–H and O–H groups in total. The van der Waals surface area contributed by atoms with E-state index in [9.17, 15) is 18.0 Å².